The molecule has 160 valence electrons. The van der Waals surface area contributed by atoms with Gasteiger partial charge < -0.3 is 33.5 Å². The molecule has 1 N–H and O–H groups in total. The molecule has 0 aromatic heterocycles. The average molecular weight is 414 g/mol. The SMILES string of the molecule is COc1cc([C@H]2c3cc4c(cc3O[C@]3(O)CCCC[C@@H]23)OCO4)cc(OC)c1OC. The second kappa shape index (κ2) is 7.16. The lowest BCUT2D eigenvalue weighted by Crippen LogP contribution is -2.51. The smallest absolute Gasteiger partial charge is 0.231 e. The van der Waals surface area contributed by atoms with Crippen LogP contribution in [0.4, 0.5) is 0 Å². The van der Waals surface area contributed by atoms with Gasteiger partial charge in [-0.3, -0.25) is 0 Å². The first-order chi connectivity index (χ1) is 14.6. The molecule has 0 radical (unpaired) electrons. The lowest BCUT2D eigenvalue weighted by molar-refractivity contribution is -0.208. The van der Waals surface area contributed by atoms with Gasteiger partial charge >= 0.3 is 0 Å². The van der Waals surface area contributed by atoms with Crippen LogP contribution in [-0.2, 0) is 0 Å². The van der Waals surface area contributed by atoms with Gasteiger partial charge in [0, 0.05) is 29.9 Å². The van der Waals surface area contributed by atoms with Crippen molar-refractivity contribution in [2.24, 2.45) is 5.92 Å². The number of ether oxygens (including phenoxy) is 6. The summed E-state index contributed by atoms with van der Waals surface area (Å²) in [5.74, 6) is 2.19. The first-order valence-corrected chi connectivity index (χ1v) is 10.2. The number of methoxy groups -OCH3 is 3. The van der Waals surface area contributed by atoms with E-state index in [1.54, 1.807) is 21.3 Å². The van der Waals surface area contributed by atoms with Crippen LogP contribution in [0.2, 0.25) is 0 Å². The standard InChI is InChI=1S/C23H26O7/c1-25-19-8-13(9-20(26-2)22(19)27-3)21-14-10-17-18(29-12-28-17)11-16(14)30-23(24)7-5-4-6-15(21)23/h8-11,15,21,24H,4-7,12H2,1-3H3/t15-,21-,23+/m0/s1. The fourth-order valence-corrected chi connectivity index (χ4v) is 5.08. The molecule has 2 heterocycles. The molecule has 0 unspecified atom stereocenters. The zero-order valence-electron chi connectivity index (χ0n) is 17.4. The van der Waals surface area contributed by atoms with Crippen LogP contribution in [0.5, 0.6) is 34.5 Å². The summed E-state index contributed by atoms with van der Waals surface area (Å²) in [6.45, 7) is 0.181. The molecule has 2 aliphatic heterocycles. The van der Waals surface area contributed by atoms with Gasteiger partial charge in [-0.1, -0.05) is 6.42 Å². The molecule has 2 aromatic carbocycles. The van der Waals surface area contributed by atoms with Gasteiger partial charge in [0.1, 0.15) is 5.75 Å². The first kappa shape index (κ1) is 19.2. The van der Waals surface area contributed by atoms with Crippen molar-refractivity contribution in [1.82, 2.24) is 0 Å². The van der Waals surface area contributed by atoms with Crippen molar-refractivity contribution in [3.8, 4) is 34.5 Å². The highest BCUT2D eigenvalue weighted by atomic mass is 16.7. The van der Waals surface area contributed by atoms with Crippen molar-refractivity contribution < 1.29 is 33.5 Å². The quantitative estimate of drug-likeness (QED) is 0.815. The Morgan fingerprint density at radius 3 is 2.27 bits per heavy atom. The molecule has 7 nitrogen and oxygen atoms in total. The topological polar surface area (TPSA) is 75.6 Å². The Morgan fingerprint density at radius 1 is 0.900 bits per heavy atom. The molecule has 1 aliphatic carbocycles. The molecule has 1 saturated carbocycles. The molecule has 5 rings (SSSR count). The molecule has 30 heavy (non-hydrogen) atoms. The summed E-state index contributed by atoms with van der Waals surface area (Å²) < 4.78 is 34.0. The van der Waals surface area contributed by atoms with Crippen LogP contribution in [0.15, 0.2) is 24.3 Å². The number of aliphatic hydroxyl groups is 1. The minimum absolute atomic E-state index is 0.109. The van der Waals surface area contributed by atoms with Gasteiger partial charge in [-0.25, -0.2) is 0 Å². The Bertz CT molecular complexity index is 947. The third kappa shape index (κ3) is 2.83. The van der Waals surface area contributed by atoms with Crippen LogP contribution in [0.1, 0.15) is 42.7 Å². The maximum atomic E-state index is 11.5. The number of hydrogen-bond acceptors (Lipinski definition) is 7. The van der Waals surface area contributed by atoms with E-state index in [2.05, 4.69) is 0 Å². The van der Waals surface area contributed by atoms with Gasteiger partial charge in [0.25, 0.3) is 0 Å². The summed E-state index contributed by atoms with van der Waals surface area (Å²) >= 11 is 0. The van der Waals surface area contributed by atoms with E-state index in [-0.39, 0.29) is 18.6 Å². The molecule has 0 bridgehead atoms. The van der Waals surface area contributed by atoms with Crippen LogP contribution < -0.4 is 28.4 Å². The number of benzene rings is 2. The van der Waals surface area contributed by atoms with Gasteiger partial charge in [0.05, 0.1) is 21.3 Å². The molecule has 0 spiro atoms. The Kier molecular flexibility index (Phi) is 4.58. The van der Waals surface area contributed by atoms with Crippen molar-refractivity contribution in [3.63, 3.8) is 0 Å². The number of hydrogen-bond donors (Lipinski definition) is 1. The summed E-state index contributed by atoms with van der Waals surface area (Å²) in [5.41, 5.74) is 1.93. The van der Waals surface area contributed by atoms with Crippen LogP contribution in [0.25, 0.3) is 0 Å². The fourth-order valence-electron chi connectivity index (χ4n) is 5.08. The summed E-state index contributed by atoms with van der Waals surface area (Å²) in [4.78, 5) is 0. The van der Waals surface area contributed by atoms with Crippen LogP contribution in [0, 0.1) is 5.92 Å². The molecule has 7 heteroatoms. The van der Waals surface area contributed by atoms with E-state index in [0.717, 1.165) is 30.4 Å². The molecule has 0 saturated heterocycles. The maximum Gasteiger partial charge on any atom is 0.231 e. The molecule has 3 aliphatic rings. The molecular weight excluding hydrogens is 388 g/mol. The third-order valence-electron chi connectivity index (χ3n) is 6.45. The predicted molar refractivity (Wildman–Crippen MR) is 108 cm³/mol. The molecule has 2 aromatic rings. The number of fused-ring (bicyclic) bond motifs is 3. The van der Waals surface area contributed by atoms with Gasteiger partial charge in [-0.2, -0.15) is 0 Å². The minimum Gasteiger partial charge on any atom is -0.493 e. The summed E-state index contributed by atoms with van der Waals surface area (Å²) in [7, 11) is 4.80. The Hall–Kier alpha value is -2.80. The second-order valence-electron chi connectivity index (χ2n) is 7.98. The largest absolute Gasteiger partial charge is 0.493 e. The minimum atomic E-state index is -1.23. The maximum absolute atomic E-state index is 11.5. The highest BCUT2D eigenvalue weighted by molar-refractivity contribution is 5.60. The normalized spacial score (nSPS) is 26.3. The number of rotatable bonds is 4. The van der Waals surface area contributed by atoms with Crippen LogP contribution in [0.3, 0.4) is 0 Å². The van der Waals surface area contributed by atoms with E-state index < -0.39 is 5.79 Å². The van der Waals surface area contributed by atoms with Crippen molar-refractivity contribution in [3.05, 3.63) is 35.4 Å². The van der Waals surface area contributed by atoms with E-state index in [0.29, 0.717) is 40.9 Å². The first-order valence-electron chi connectivity index (χ1n) is 10.2. The Morgan fingerprint density at radius 2 is 1.60 bits per heavy atom. The third-order valence-corrected chi connectivity index (χ3v) is 6.45. The zero-order chi connectivity index (χ0) is 20.9. The highest BCUT2D eigenvalue weighted by Crippen LogP contribution is 2.56. The average Bonchev–Trinajstić information content (AvgIpc) is 3.21. The van der Waals surface area contributed by atoms with Crippen molar-refractivity contribution in [2.75, 3.05) is 28.1 Å². The molecule has 0 amide bonds. The lowest BCUT2D eigenvalue weighted by Gasteiger charge is -2.48. The summed E-state index contributed by atoms with van der Waals surface area (Å²) in [5, 5.41) is 11.5. The van der Waals surface area contributed by atoms with Crippen LogP contribution >= 0.6 is 0 Å². The fraction of sp³-hybridized carbons (Fsp3) is 0.478. The van der Waals surface area contributed by atoms with Crippen molar-refractivity contribution in [1.29, 1.82) is 0 Å². The van der Waals surface area contributed by atoms with Crippen molar-refractivity contribution >= 4 is 0 Å². The van der Waals surface area contributed by atoms with E-state index >= 15 is 0 Å². The van der Waals surface area contributed by atoms with Crippen molar-refractivity contribution in [2.45, 2.75) is 37.4 Å². The van der Waals surface area contributed by atoms with E-state index in [4.69, 9.17) is 28.4 Å². The molecular formula is C23H26O7. The van der Waals surface area contributed by atoms with E-state index in [1.165, 1.54) is 0 Å². The predicted octanol–water partition coefficient (Wildman–Crippen LogP) is 3.84. The zero-order valence-corrected chi connectivity index (χ0v) is 17.4. The second-order valence-corrected chi connectivity index (χ2v) is 7.98. The molecule has 1 fully saturated rings. The molecule has 3 atom stereocenters. The van der Waals surface area contributed by atoms with E-state index in [1.807, 2.05) is 24.3 Å². The monoisotopic (exact) mass is 414 g/mol. The Labute approximate surface area is 175 Å². The van der Waals surface area contributed by atoms with Gasteiger partial charge in [-0.05, 0) is 36.6 Å². The highest BCUT2D eigenvalue weighted by Gasteiger charge is 2.51. The van der Waals surface area contributed by atoms with Gasteiger partial charge in [0.2, 0.25) is 18.3 Å². The Balaban J connectivity index is 1.72. The van der Waals surface area contributed by atoms with E-state index in [9.17, 15) is 5.11 Å². The summed E-state index contributed by atoms with van der Waals surface area (Å²) in [6.07, 6.45) is 3.41. The van der Waals surface area contributed by atoms with Gasteiger partial charge in [0.15, 0.2) is 23.0 Å². The summed E-state index contributed by atoms with van der Waals surface area (Å²) in [6, 6.07) is 7.71. The lowest BCUT2D eigenvalue weighted by atomic mass is 9.68. The van der Waals surface area contributed by atoms with Gasteiger partial charge in [-0.15, -0.1) is 0 Å². The van der Waals surface area contributed by atoms with Crippen LogP contribution in [-0.4, -0.2) is 39.0 Å².